The normalized spacial score (nSPS) is 18.3. The van der Waals surface area contributed by atoms with Crippen LogP contribution in [0.5, 0.6) is 0 Å². The zero-order valence-corrected chi connectivity index (χ0v) is 13.4. The molecule has 0 aliphatic carbocycles. The highest BCUT2D eigenvalue weighted by Crippen LogP contribution is 2.11. The van der Waals surface area contributed by atoms with E-state index in [9.17, 15) is 9.59 Å². The smallest absolute Gasteiger partial charge is 0.261 e. The molecule has 1 unspecified atom stereocenters. The molecule has 1 aromatic heterocycles. The van der Waals surface area contributed by atoms with Gasteiger partial charge in [0.2, 0.25) is 5.91 Å². The van der Waals surface area contributed by atoms with Crippen molar-refractivity contribution < 1.29 is 4.79 Å². The second kappa shape index (κ2) is 6.91. The first-order valence-corrected chi connectivity index (χ1v) is 8.15. The van der Waals surface area contributed by atoms with Crippen molar-refractivity contribution in [3.63, 3.8) is 0 Å². The number of rotatable bonds is 4. The average Bonchev–Trinajstić information content (AvgIpc) is 2.58. The SMILES string of the molecule is CCCC1CNCCN1C(=O)Cn1cnc2ccccc2c1=O. The summed E-state index contributed by atoms with van der Waals surface area (Å²) in [6.07, 6.45) is 3.48. The standard InChI is InChI=1S/C17H22N4O2/c1-2-5-13-10-18-8-9-21(13)16(22)11-20-12-19-15-7-4-3-6-14(15)17(20)23/h3-4,6-7,12-13,18H,2,5,8-11H2,1H3. The number of fused-ring (bicyclic) bond motifs is 1. The third kappa shape index (κ3) is 3.27. The molecular weight excluding hydrogens is 292 g/mol. The Morgan fingerprint density at radius 2 is 2.22 bits per heavy atom. The lowest BCUT2D eigenvalue weighted by atomic mass is 10.1. The van der Waals surface area contributed by atoms with Gasteiger partial charge in [-0.2, -0.15) is 0 Å². The summed E-state index contributed by atoms with van der Waals surface area (Å²) in [6, 6.07) is 7.42. The number of hydrogen-bond acceptors (Lipinski definition) is 4. The molecule has 0 radical (unpaired) electrons. The molecule has 2 aromatic rings. The molecule has 1 N–H and O–H groups in total. The van der Waals surface area contributed by atoms with Crippen LogP contribution in [0.1, 0.15) is 19.8 Å². The van der Waals surface area contributed by atoms with E-state index in [2.05, 4.69) is 17.2 Å². The summed E-state index contributed by atoms with van der Waals surface area (Å²) >= 11 is 0. The van der Waals surface area contributed by atoms with E-state index in [1.165, 1.54) is 10.9 Å². The Kier molecular flexibility index (Phi) is 4.71. The molecule has 1 atom stereocenters. The van der Waals surface area contributed by atoms with E-state index in [4.69, 9.17) is 0 Å². The molecule has 1 fully saturated rings. The van der Waals surface area contributed by atoms with Crippen LogP contribution in [-0.4, -0.2) is 46.0 Å². The largest absolute Gasteiger partial charge is 0.336 e. The van der Waals surface area contributed by atoms with Crippen LogP contribution < -0.4 is 10.9 Å². The molecule has 1 saturated heterocycles. The zero-order valence-electron chi connectivity index (χ0n) is 13.4. The van der Waals surface area contributed by atoms with Crippen molar-refractivity contribution in [3.05, 3.63) is 40.9 Å². The maximum absolute atomic E-state index is 12.7. The first kappa shape index (κ1) is 15.7. The maximum atomic E-state index is 12.7. The predicted molar refractivity (Wildman–Crippen MR) is 89.3 cm³/mol. The van der Waals surface area contributed by atoms with E-state index in [0.29, 0.717) is 17.4 Å². The van der Waals surface area contributed by atoms with E-state index in [1.807, 2.05) is 17.0 Å². The minimum absolute atomic E-state index is 0.0101. The van der Waals surface area contributed by atoms with Crippen molar-refractivity contribution in [1.29, 1.82) is 0 Å². The van der Waals surface area contributed by atoms with Crippen molar-refractivity contribution in [2.45, 2.75) is 32.4 Å². The molecule has 1 aromatic carbocycles. The van der Waals surface area contributed by atoms with Crippen molar-refractivity contribution >= 4 is 16.8 Å². The zero-order chi connectivity index (χ0) is 16.2. The molecule has 2 heterocycles. The Balaban J connectivity index is 1.82. The summed E-state index contributed by atoms with van der Waals surface area (Å²) < 4.78 is 1.41. The Morgan fingerprint density at radius 1 is 1.39 bits per heavy atom. The minimum atomic E-state index is -0.161. The second-order valence-electron chi connectivity index (χ2n) is 5.93. The number of hydrogen-bond donors (Lipinski definition) is 1. The Bertz CT molecular complexity index is 754. The summed E-state index contributed by atoms with van der Waals surface area (Å²) in [5.74, 6) is -0.0101. The van der Waals surface area contributed by atoms with Crippen LogP contribution in [-0.2, 0) is 11.3 Å². The molecule has 3 rings (SSSR count). The minimum Gasteiger partial charge on any atom is -0.336 e. The fraction of sp³-hybridized carbons (Fsp3) is 0.471. The van der Waals surface area contributed by atoms with E-state index < -0.39 is 0 Å². The van der Waals surface area contributed by atoms with E-state index >= 15 is 0 Å². The lowest BCUT2D eigenvalue weighted by Gasteiger charge is -2.36. The summed E-state index contributed by atoms with van der Waals surface area (Å²) in [6.45, 7) is 4.49. The Labute approximate surface area is 135 Å². The van der Waals surface area contributed by atoms with Crippen LogP contribution >= 0.6 is 0 Å². The molecule has 1 amide bonds. The number of piperazine rings is 1. The Morgan fingerprint density at radius 3 is 3.04 bits per heavy atom. The molecule has 0 bridgehead atoms. The molecule has 6 heteroatoms. The van der Waals surface area contributed by atoms with Crippen molar-refractivity contribution in [2.75, 3.05) is 19.6 Å². The van der Waals surface area contributed by atoms with Crippen LogP contribution in [0.3, 0.4) is 0 Å². The van der Waals surface area contributed by atoms with Gasteiger partial charge in [0.05, 0.1) is 17.2 Å². The number of amides is 1. The van der Waals surface area contributed by atoms with Gasteiger partial charge in [-0.1, -0.05) is 25.5 Å². The number of nitrogens with one attached hydrogen (secondary N) is 1. The van der Waals surface area contributed by atoms with Gasteiger partial charge in [-0.05, 0) is 18.6 Å². The number of carbonyl (C=O) groups excluding carboxylic acids is 1. The fourth-order valence-electron chi connectivity index (χ4n) is 3.14. The molecule has 23 heavy (non-hydrogen) atoms. The van der Waals surface area contributed by atoms with Crippen LogP contribution in [0.15, 0.2) is 35.4 Å². The van der Waals surface area contributed by atoms with Gasteiger partial charge >= 0.3 is 0 Å². The van der Waals surface area contributed by atoms with Crippen LogP contribution in [0, 0.1) is 0 Å². The van der Waals surface area contributed by atoms with E-state index in [1.54, 1.807) is 12.1 Å². The summed E-state index contributed by atoms with van der Waals surface area (Å²) in [7, 11) is 0. The number of para-hydroxylation sites is 1. The second-order valence-corrected chi connectivity index (χ2v) is 5.93. The molecule has 0 spiro atoms. The highest BCUT2D eigenvalue weighted by Gasteiger charge is 2.26. The fourth-order valence-corrected chi connectivity index (χ4v) is 3.14. The highest BCUT2D eigenvalue weighted by atomic mass is 16.2. The van der Waals surface area contributed by atoms with Crippen molar-refractivity contribution in [1.82, 2.24) is 19.8 Å². The summed E-state index contributed by atoms with van der Waals surface area (Å²) in [4.78, 5) is 31.3. The number of carbonyl (C=O) groups is 1. The van der Waals surface area contributed by atoms with Gasteiger partial charge in [0.15, 0.2) is 0 Å². The summed E-state index contributed by atoms with van der Waals surface area (Å²) in [5.41, 5.74) is 0.498. The van der Waals surface area contributed by atoms with Gasteiger partial charge in [-0.25, -0.2) is 4.98 Å². The van der Waals surface area contributed by atoms with Gasteiger partial charge in [0.1, 0.15) is 6.54 Å². The monoisotopic (exact) mass is 314 g/mol. The lowest BCUT2D eigenvalue weighted by Crippen LogP contribution is -2.54. The van der Waals surface area contributed by atoms with E-state index in [-0.39, 0.29) is 24.1 Å². The molecule has 0 saturated carbocycles. The van der Waals surface area contributed by atoms with Crippen LogP contribution in [0.2, 0.25) is 0 Å². The molecule has 6 nitrogen and oxygen atoms in total. The molecule has 1 aliphatic heterocycles. The summed E-state index contributed by atoms with van der Waals surface area (Å²) in [5, 5.41) is 3.88. The van der Waals surface area contributed by atoms with E-state index in [0.717, 1.165) is 25.9 Å². The quantitative estimate of drug-likeness (QED) is 0.914. The van der Waals surface area contributed by atoms with Gasteiger partial charge in [0.25, 0.3) is 5.56 Å². The van der Waals surface area contributed by atoms with Crippen molar-refractivity contribution in [3.8, 4) is 0 Å². The van der Waals surface area contributed by atoms with Crippen LogP contribution in [0.25, 0.3) is 10.9 Å². The number of benzene rings is 1. The lowest BCUT2D eigenvalue weighted by molar-refractivity contribution is -0.135. The maximum Gasteiger partial charge on any atom is 0.261 e. The number of nitrogens with zero attached hydrogens (tertiary/aromatic N) is 3. The van der Waals surface area contributed by atoms with Crippen LogP contribution in [0.4, 0.5) is 0 Å². The first-order valence-electron chi connectivity index (χ1n) is 8.15. The molecule has 122 valence electrons. The Hall–Kier alpha value is -2.21. The molecular formula is C17H22N4O2. The average molecular weight is 314 g/mol. The van der Waals surface area contributed by atoms with Gasteiger partial charge in [-0.15, -0.1) is 0 Å². The molecule has 1 aliphatic rings. The van der Waals surface area contributed by atoms with Gasteiger partial charge < -0.3 is 10.2 Å². The van der Waals surface area contributed by atoms with Gasteiger partial charge in [0, 0.05) is 25.7 Å². The third-order valence-corrected chi connectivity index (χ3v) is 4.33. The predicted octanol–water partition coefficient (Wildman–Crippen LogP) is 0.997. The topological polar surface area (TPSA) is 67.2 Å². The number of aromatic nitrogens is 2. The highest BCUT2D eigenvalue weighted by molar-refractivity contribution is 5.79. The first-order chi connectivity index (χ1) is 11.2. The third-order valence-electron chi connectivity index (χ3n) is 4.33. The van der Waals surface area contributed by atoms with Crippen molar-refractivity contribution in [2.24, 2.45) is 0 Å². The van der Waals surface area contributed by atoms with Gasteiger partial charge in [-0.3, -0.25) is 14.2 Å².